The van der Waals surface area contributed by atoms with E-state index in [1.807, 2.05) is 49.1 Å². The average molecular weight is 368 g/mol. The molecular formula is C22H25FN2O2. The summed E-state index contributed by atoms with van der Waals surface area (Å²) < 4.78 is 14.0. The van der Waals surface area contributed by atoms with Crippen molar-refractivity contribution < 1.29 is 14.0 Å². The van der Waals surface area contributed by atoms with Gasteiger partial charge in [0.1, 0.15) is 5.82 Å². The van der Waals surface area contributed by atoms with Gasteiger partial charge in [0.25, 0.3) is 0 Å². The van der Waals surface area contributed by atoms with Gasteiger partial charge in [-0.15, -0.1) is 0 Å². The van der Waals surface area contributed by atoms with Crippen molar-refractivity contribution in [1.82, 2.24) is 4.90 Å². The summed E-state index contributed by atoms with van der Waals surface area (Å²) in [5.41, 5.74) is 2.13. The first-order valence-electron chi connectivity index (χ1n) is 9.32. The lowest BCUT2D eigenvalue weighted by molar-refractivity contribution is -0.134. The largest absolute Gasteiger partial charge is 0.390 e. The van der Waals surface area contributed by atoms with Crippen LogP contribution in [0.4, 0.5) is 4.39 Å². The van der Waals surface area contributed by atoms with Crippen LogP contribution in [0.2, 0.25) is 0 Å². The summed E-state index contributed by atoms with van der Waals surface area (Å²) >= 11 is 0. The summed E-state index contributed by atoms with van der Waals surface area (Å²) in [5, 5.41) is 4.07. The molecule has 0 aromatic heterocycles. The third-order valence-corrected chi connectivity index (χ3v) is 4.49. The number of carbonyl (C=O) groups is 1. The predicted octanol–water partition coefficient (Wildman–Crippen LogP) is 4.39. The van der Waals surface area contributed by atoms with E-state index in [0.29, 0.717) is 37.2 Å². The molecule has 0 fully saturated rings. The lowest BCUT2D eigenvalue weighted by Gasteiger charge is -2.26. The van der Waals surface area contributed by atoms with Crippen LogP contribution < -0.4 is 0 Å². The maximum absolute atomic E-state index is 14.0. The van der Waals surface area contributed by atoms with Crippen molar-refractivity contribution in [3.8, 4) is 0 Å². The van der Waals surface area contributed by atoms with Gasteiger partial charge < -0.3 is 9.74 Å². The first-order valence-corrected chi connectivity index (χ1v) is 9.32. The van der Waals surface area contributed by atoms with Gasteiger partial charge in [0.15, 0.2) is 6.10 Å². The molecule has 2 aromatic rings. The van der Waals surface area contributed by atoms with Crippen LogP contribution in [-0.4, -0.2) is 29.2 Å². The summed E-state index contributed by atoms with van der Waals surface area (Å²) in [5.74, 6) is 0.0693. The van der Waals surface area contributed by atoms with Gasteiger partial charge >= 0.3 is 0 Å². The third-order valence-electron chi connectivity index (χ3n) is 4.49. The van der Waals surface area contributed by atoms with Gasteiger partial charge in [-0.1, -0.05) is 67.5 Å². The standard InChI is InChI=1S/C22H25FN2O2/c1-16(2)12-22(26)25(14-17-8-4-3-5-9-17)15-18-13-21(24-27-18)19-10-6-7-11-20(19)23/h3-11,16,18H,12-15H2,1-2H3. The monoisotopic (exact) mass is 368 g/mol. The van der Waals surface area contributed by atoms with Gasteiger partial charge in [-0.25, -0.2) is 4.39 Å². The zero-order chi connectivity index (χ0) is 19.2. The smallest absolute Gasteiger partial charge is 0.223 e. The summed E-state index contributed by atoms with van der Waals surface area (Å²) in [6, 6.07) is 16.4. The summed E-state index contributed by atoms with van der Waals surface area (Å²) in [6.07, 6.45) is 0.710. The molecule has 3 rings (SSSR count). The third kappa shape index (κ3) is 5.16. The zero-order valence-corrected chi connectivity index (χ0v) is 15.8. The molecule has 0 saturated heterocycles. The van der Waals surface area contributed by atoms with Crippen LogP contribution in [0.3, 0.4) is 0 Å². The van der Waals surface area contributed by atoms with Crippen molar-refractivity contribution >= 4 is 11.6 Å². The summed E-state index contributed by atoms with van der Waals surface area (Å²) in [6.45, 7) is 5.03. The molecule has 142 valence electrons. The molecule has 5 heteroatoms. The Bertz CT molecular complexity index is 805. The number of amides is 1. The Morgan fingerprint density at radius 3 is 2.59 bits per heavy atom. The Balaban J connectivity index is 1.67. The second-order valence-corrected chi connectivity index (χ2v) is 7.31. The highest BCUT2D eigenvalue weighted by Gasteiger charge is 2.28. The molecule has 4 nitrogen and oxygen atoms in total. The zero-order valence-electron chi connectivity index (χ0n) is 15.8. The van der Waals surface area contributed by atoms with E-state index in [1.54, 1.807) is 18.2 Å². The quantitative estimate of drug-likeness (QED) is 0.727. The number of hydrogen-bond acceptors (Lipinski definition) is 3. The van der Waals surface area contributed by atoms with Crippen LogP contribution in [0.15, 0.2) is 59.8 Å². The van der Waals surface area contributed by atoms with Crippen molar-refractivity contribution in [2.75, 3.05) is 6.54 Å². The van der Waals surface area contributed by atoms with Gasteiger partial charge in [-0.2, -0.15) is 0 Å². The van der Waals surface area contributed by atoms with E-state index in [1.165, 1.54) is 6.07 Å². The Morgan fingerprint density at radius 1 is 1.19 bits per heavy atom. The van der Waals surface area contributed by atoms with E-state index < -0.39 is 0 Å². The minimum Gasteiger partial charge on any atom is -0.390 e. The molecule has 1 heterocycles. The SMILES string of the molecule is CC(C)CC(=O)N(Cc1ccccc1)CC1CC(c2ccccc2F)=NO1. The Hall–Kier alpha value is -2.69. The fraction of sp³-hybridized carbons (Fsp3) is 0.364. The molecule has 1 amide bonds. The molecule has 2 aromatic carbocycles. The molecule has 0 spiro atoms. The second-order valence-electron chi connectivity index (χ2n) is 7.31. The highest BCUT2D eigenvalue weighted by molar-refractivity contribution is 6.01. The van der Waals surface area contributed by atoms with Gasteiger partial charge in [0.2, 0.25) is 5.91 Å². The van der Waals surface area contributed by atoms with Crippen molar-refractivity contribution in [3.63, 3.8) is 0 Å². The Morgan fingerprint density at radius 2 is 1.89 bits per heavy atom. The number of hydrogen-bond donors (Lipinski definition) is 0. The van der Waals surface area contributed by atoms with Crippen LogP contribution >= 0.6 is 0 Å². The molecule has 0 saturated carbocycles. The predicted molar refractivity (Wildman–Crippen MR) is 104 cm³/mol. The molecule has 0 aliphatic carbocycles. The Kier molecular flexibility index (Phi) is 6.22. The minimum absolute atomic E-state index is 0.0943. The van der Waals surface area contributed by atoms with Gasteiger partial charge in [-0.05, 0) is 17.5 Å². The maximum atomic E-state index is 14.0. The summed E-state index contributed by atoms with van der Waals surface area (Å²) in [7, 11) is 0. The van der Waals surface area contributed by atoms with Crippen LogP contribution in [0.5, 0.6) is 0 Å². The lowest BCUT2D eigenvalue weighted by Crippen LogP contribution is -2.37. The van der Waals surface area contributed by atoms with E-state index in [-0.39, 0.29) is 23.7 Å². The molecule has 0 bridgehead atoms. The minimum atomic E-state index is -0.308. The van der Waals surface area contributed by atoms with Crippen LogP contribution in [0.1, 0.15) is 37.8 Å². The molecule has 27 heavy (non-hydrogen) atoms. The molecule has 1 unspecified atom stereocenters. The number of benzene rings is 2. The van der Waals surface area contributed by atoms with E-state index in [2.05, 4.69) is 5.16 Å². The van der Waals surface area contributed by atoms with Crippen molar-refractivity contribution in [1.29, 1.82) is 0 Å². The van der Waals surface area contributed by atoms with E-state index >= 15 is 0 Å². The fourth-order valence-electron chi connectivity index (χ4n) is 3.16. The highest BCUT2D eigenvalue weighted by Crippen LogP contribution is 2.21. The Labute approximate surface area is 159 Å². The van der Waals surface area contributed by atoms with Crippen LogP contribution in [-0.2, 0) is 16.2 Å². The van der Waals surface area contributed by atoms with Crippen LogP contribution in [0.25, 0.3) is 0 Å². The molecular weight excluding hydrogens is 343 g/mol. The maximum Gasteiger partial charge on any atom is 0.223 e. The van der Waals surface area contributed by atoms with E-state index in [9.17, 15) is 9.18 Å². The van der Waals surface area contributed by atoms with Crippen molar-refractivity contribution in [2.24, 2.45) is 11.1 Å². The lowest BCUT2D eigenvalue weighted by atomic mass is 10.0. The van der Waals surface area contributed by atoms with Crippen molar-refractivity contribution in [2.45, 2.75) is 39.3 Å². The van der Waals surface area contributed by atoms with Crippen LogP contribution in [0, 0.1) is 11.7 Å². The molecule has 0 N–H and O–H groups in total. The molecule has 1 aliphatic rings. The van der Waals surface area contributed by atoms with Gasteiger partial charge in [0.05, 0.1) is 12.3 Å². The first-order chi connectivity index (χ1) is 13.0. The fourth-order valence-corrected chi connectivity index (χ4v) is 3.16. The number of nitrogens with zero attached hydrogens (tertiary/aromatic N) is 2. The van der Waals surface area contributed by atoms with Gasteiger partial charge in [0, 0.05) is 24.9 Å². The first kappa shape index (κ1) is 19.1. The second kappa shape index (κ2) is 8.80. The normalized spacial score (nSPS) is 16.1. The summed E-state index contributed by atoms with van der Waals surface area (Å²) in [4.78, 5) is 20.1. The van der Waals surface area contributed by atoms with E-state index in [0.717, 1.165) is 5.56 Å². The number of oxime groups is 1. The van der Waals surface area contributed by atoms with E-state index in [4.69, 9.17) is 4.84 Å². The average Bonchev–Trinajstić information content (AvgIpc) is 3.10. The topological polar surface area (TPSA) is 41.9 Å². The molecule has 1 atom stereocenters. The van der Waals surface area contributed by atoms with Gasteiger partial charge in [-0.3, -0.25) is 4.79 Å². The molecule has 0 radical (unpaired) electrons. The highest BCUT2D eigenvalue weighted by atomic mass is 19.1. The number of carbonyl (C=O) groups excluding carboxylic acids is 1. The van der Waals surface area contributed by atoms with Crippen molar-refractivity contribution in [3.05, 3.63) is 71.5 Å². The molecule has 1 aliphatic heterocycles. The number of halogens is 1. The number of rotatable bonds is 7.